The Kier molecular flexibility index (Phi) is 5.32. The number of halogens is 1. The smallest absolute Gasteiger partial charge is 0.137 e. The Labute approximate surface area is 99.9 Å². The van der Waals surface area contributed by atoms with Gasteiger partial charge >= 0.3 is 0 Å². The van der Waals surface area contributed by atoms with Gasteiger partial charge in [0.15, 0.2) is 0 Å². The van der Waals surface area contributed by atoms with Crippen LogP contribution in [0.3, 0.4) is 0 Å². The standard InChI is InChI=1S/C12H17FN2S/c1-2-3-4-7-16-11-6-5-9(12(14)15)8-10(11)13/h5-6,8H,2-4,7H2,1H3,(H3,14,15). The molecule has 0 spiro atoms. The highest BCUT2D eigenvalue weighted by atomic mass is 32.2. The minimum Gasteiger partial charge on any atom is -0.384 e. The van der Waals surface area contributed by atoms with Crippen LogP contribution in [0.15, 0.2) is 23.1 Å². The van der Waals surface area contributed by atoms with Crippen molar-refractivity contribution in [3.63, 3.8) is 0 Å². The highest BCUT2D eigenvalue weighted by Gasteiger charge is 2.05. The molecule has 0 atom stereocenters. The third-order valence-corrected chi connectivity index (χ3v) is 3.38. The van der Waals surface area contributed by atoms with Crippen LogP contribution in [0.4, 0.5) is 4.39 Å². The highest BCUT2D eigenvalue weighted by molar-refractivity contribution is 7.99. The van der Waals surface area contributed by atoms with Crippen LogP contribution in [0.2, 0.25) is 0 Å². The van der Waals surface area contributed by atoms with Crippen molar-refractivity contribution in [1.29, 1.82) is 5.41 Å². The fraction of sp³-hybridized carbons (Fsp3) is 0.417. The largest absolute Gasteiger partial charge is 0.384 e. The lowest BCUT2D eigenvalue weighted by atomic mass is 10.2. The summed E-state index contributed by atoms with van der Waals surface area (Å²) in [7, 11) is 0. The Hall–Kier alpha value is -1.03. The van der Waals surface area contributed by atoms with E-state index >= 15 is 0 Å². The maximum Gasteiger partial charge on any atom is 0.137 e. The van der Waals surface area contributed by atoms with Crippen molar-refractivity contribution in [2.45, 2.75) is 31.1 Å². The second-order valence-electron chi connectivity index (χ2n) is 3.61. The van der Waals surface area contributed by atoms with Crippen molar-refractivity contribution in [3.8, 4) is 0 Å². The summed E-state index contributed by atoms with van der Waals surface area (Å²) in [5.41, 5.74) is 5.72. The van der Waals surface area contributed by atoms with Crippen molar-refractivity contribution in [1.82, 2.24) is 0 Å². The van der Waals surface area contributed by atoms with Gasteiger partial charge in [0, 0.05) is 10.5 Å². The van der Waals surface area contributed by atoms with Crippen LogP contribution >= 0.6 is 11.8 Å². The molecule has 1 rings (SSSR count). The first-order chi connectivity index (χ1) is 7.65. The van der Waals surface area contributed by atoms with Gasteiger partial charge in [0.05, 0.1) is 0 Å². The Balaban J connectivity index is 2.57. The molecule has 0 radical (unpaired) electrons. The summed E-state index contributed by atoms with van der Waals surface area (Å²) < 4.78 is 13.5. The first-order valence-electron chi connectivity index (χ1n) is 5.42. The van der Waals surface area contributed by atoms with Crippen LogP contribution in [0.5, 0.6) is 0 Å². The van der Waals surface area contributed by atoms with E-state index in [2.05, 4.69) is 6.92 Å². The topological polar surface area (TPSA) is 49.9 Å². The van der Waals surface area contributed by atoms with E-state index in [4.69, 9.17) is 11.1 Å². The number of hydrogen-bond donors (Lipinski definition) is 2. The number of rotatable bonds is 6. The average molecular weight is 240 g/mol. The molecule has 0 saturated carbocycles. The van der Waals surface area contributed by atoms with Crippen molar-refractivity contribution in [2.24, 2.45) is 5.73 Å². The summed E-state index contributed by atoms with van der Waals surface area (Å²) in [5.74, 6) is 0.556. The summed E-state index contributed by atoms with van der Waals surface area (Å²) in [6.07, 6.45) is 3.46. The second kappa shape index (κ2) is 6.53. The average Bonchev–Trinajstić information content (AvgIpc) is 2.26. The lowest BCUT2D eigenvalue weighted by Gasteiger charge is -2.04. The number of nitrogen functional groups attached to an aromatic ring is 1. The molecular weight excluding hydrogens is 223 g/mol. The van der Waals surface area contributed by atoms with Gasteiger partial charge < -0.3 is 5.73 Å². The molecule has 88 valence electrons. The number of nitrogens with one attached hydrogen (secondary N) is 1. The molecule has 16 heavy (non-hydrogen) atoms. The van der Waals surface area contributed by atoms with Crippen LogP contribution < -0.4 is 5.73 Å². The number of amidine groups is 1. The molecule has 4 heteroatoms. The lowest BCUT2D eigenvalue weighted by Crippen LogP contribution is -2.11. The summed E-state index contributed by atoms with van der Waals surface area (Å²) in [6.45, 7) is 2.15. The minimum atomic E-state index is -0.283. The molecule has 0 unspecified atom stereocenters. The monoisotopic (exact) mass is 240 g/mol. The van der Waals surface area contributed by atoms with E-state index < -0.39 is 0 Å². The molecule has 0 saturated heterocycles. The zero-order valence-electron chi connectivity index (χ0n) is 9.42. The first-order valence-corrected chi connectivity index (χ1v) is 6.40. The van der Waals surface area contributed by atoms with E-state index in [1.54, 1.807) is 12.1 Å². The van der Waals surface area contributed by atoms with Gasteiger partial charge in [-0.2, -0.15) is 0 Å². The van der Waals surface area contributed by atoms with Gasteiger partial charge in [-0.15, -0.1) is 11.8 Å². The fourth-order valence-electron chi connectivity index (χ4n) is 1.32. The molecule has 1 aromatic carbocycles. The predicted molar refractivity (Wildman–Crippen MR) is 67.7 cm³/mol. The van der Waals surface area contributed by atoms with Crippen LogP contribution in [0.25, 0.3) is 0 Å². The van der Waals surface area contributed by atoms with Crippen molar-refractivity contribution < 1.29 is 4.39 Å². The molecular formula is C12H17FN2S. The molecule has 0 aromatic heterocycles. The quantitative estimate of drug-likeness (QED) is 0.346. The van der Waals surface area contributed by atoms with Gasteiger partial charge in [-0.3, -0.25) is 5.41 Å². The molecule has 0 heterocycles. The lowest BCUT2D eigenvalue weighted by molar-refractivity contribution is 0.601. The van der Waals surface area contributed by atoms with Gasteiger partial charge in [-0.25, -0.2) is 4.39 Å². The van der Waals surface area contributed by atoms with Crippen molar-refractivity contribution in [2.75, 3.05) is 5.75 Å². The maximum atomic E-state index is 13.5. The molecule has 0 bridgehead atoms. The molecule has 0 aliphatic rings. The van der Waals surface area contributed by atoms with Gasteiger partial charge in [0.2, 0.25) is 0 Å². The molecule has 0 amide bonds. The number of hydrogen-bond acceptors (Lipinski definition) is 2. The number of unbranched alkanes of at least 4 members (excludes halogenated alkanes) is 2. The van der Waals surface area contributed by atoms with Crippen LogP contribution in [0.1, 0.15) is 31.7 Å². The van der Waals surface area contributed by atoms with E-state index in [1.165, 1.54) is 30.7 Å². The molecule has 3 N–H and O–H groups in total. The Morgan fingerprint density at radius 1 is 1.44 bits per heavy atom. The van der Waals surface area contributed by atoms with E-state index in [0.29, 0.717) is 10.5 Å². The Morgan fingerprint density at radius 3 is 2.75 bits per heavy atom. The van der Waals surface area contributed by atoms with Gasteiger partial charge in [-0.05, 0) is 30.4 Å². The second-order valence-corrected chi connectivity index (χ2v) is 4.75. The van der Waals surface area contributed by atoms with Crippen LogP contribution in [-0.2, 0) is 0 Å². The fourth-order valence-corrected chi connectivity index (χ4v) is 2.25. The molecule has 2 nitrogen and oxygen atoms in total. The van der Waals surface area contributed by atoms with E-state index in [-0.39, 0.29) is 11.7 Å². The van der Waals surface area contributed by atoms with Gasteiger partial charge in [0.1, 0.15) is 11.7 Å². The molecule has 1 aromatic rings. The number of benzene rings is 1. The Bertz CT molecular complexity index is 366. The van der Waals surface area contributed by atoms with Crippen LogP contribution in [0, 0.1) is 11.2 Å². The van der Waals surface area contributed by atoms with Crippen molar-refractivity contribution >= 4 is 17.6 Å². The summed E-state index contributed by atoms with van der Waals surface area (Å²) in [4.78, 5) is 0.640. The first kappa shape index (κ1) is 13.0. The summed E-state index contributed by atoms with van der Waals surface area (Å²) in [5, 5.41) is 7.20. The third-order valence-electron chi connectivity index (χ3n) is 2.25. The summed E-state index contributed by atoms with van der Waals surface area (Å²) >= 11 is 1.52. The minimum absolute atomic E-state index is 0.0959. The molecule has 0 aliphatic carbocycles. The Morgan fingerprint density at radius 2 is 2.19 bits per heavy atom. The SMILES string of the molecule is CCCCCSc1ccc(C(=N)N)cc1F. The van der Waals surface area contributed by atoms with Gasteiger partial charge in [-0.1, -0.05) is 19.8 Å². The summed E-state index contributed by atoms with van der Waals surface area (Å²) in [6, 6.07) is 4.71. The van der Waals surface area contributed by atoms with E-state index in [9.17, 15) is 4.39 Å². The number of thioether (sulfide) groups is 1. The van der Waals surface area contributed by atoms with E-state index in [0.717, 1.165) is 12.2 Å². The van der Waals surface area contributed by atoms with Crippen molar-refractivity contribution in [3.05, 3.63) is 29.6 Å². The maximum absolute atomic E-state index is 13.5. The third kappa shape index (κ3) is 3.85. The molecule has 0 fully saturated rings. The van der Waals surface area contributed by atoms with Gasteiger partial charge in [0.25, 0.3) is 0 Å². The van der Waals surface area contributed by atoms with Crippen LogP contribution in [-0.4, -0.2) is 11.6 Å². The molecule has 0 aliphatic heterocycles. The predicted octanol–water partition coefficient (Wildman–Crippen LogP) is 3.39. The highest BCUT2D eigenvalue weighted by Crippen LogP contribution is 2.23. The normalized spacial score (nSPS) is 10.4. The zero-order valence-corrected chi connectivity index (χ0v) is 10.2. The zero-order chi connectivity index (χ0) is 12.0. The van der Waals surface area contributed by atoms with E-state index in [1.807, 2.05) is 0 Å². The number of nitrogens with two attached hydrogens (primary N) is 1.